The lowest BCUT2D eigenvalue weighted by Crippen LogP contribution is -2.26. The van der Waals surface area contributed by atoms with E-state index in [-0.39, 0.29) is 11.3 Å². The predicted molar refractivity (Wildman–Crippen MR) is 81.0 cm³/mol. The normalized spacial score (nSPS) is 13.8. The molecule has 2 aromatic rings. The van der Waals surface area contributed by atoms with Gasteiger partial charge in [0.1, 0.15) is 5.82 Å². The summed E-state index contributed by atoms with van der Waals surface area (Å²) in [5.41, 5.74) is 7.04. The van der Waals surface area contributed by atoms with Gasteiger partial charge in [-0.1, -0.05) is 53.2 Å². The van der Waals surface area contributed by atoms with Crippen molar-refractivity contribution in [3.63, 3.8) is 0 Å². The van der Waals surface area contributed by atoms with Crippen LogP contribution in [0.3, 0.4) is 0 Å². The van der Waals surface area contributed by atoms with Crippen molar-refractivity contribution in [3.8, 4) is 0 Å². The Hall–Kier alpha value is -1.52. The first-order chi connectivity index (χ1) is 9.50. The summed E-state index contributed by atoms with van der Waals surface area (Å²) in [6.07, 6.45) is 0. The SMILES string of the molecule is CC(C(=O)c1cc(Br)ccc1F)C(N)c1ccccc1. The molecular weight excluding hydrogens is 321 g/mol. The second kappa shape index (κ2) is 6.29. The van der Waals surface area contributed by atoms with E-state index in [0.717, 1.165) is 5.56 Å². The Labute approximate surface area is 125 Å². The van der Waals surface area contributed by atoms with E-state index in [1.807, 2.05) is 30.3 Å². The van der Waals surface area contributed by atoms with Gasteiger partial charge in [0.25, 0.3) is 0 Å². The molecular formula is C16H15BrFNO. The standard InChI is InChI=1S/C16H15BrFNO/c1-10(15(19)11-5-3-2-4-6-11)16(20)13-9-12(17)7-8-14(13)18/h2-10,15H,19H2,1H3. The molecule has 2 N–H and O–H groups in total. The first kappa shape index (κ1) is 14.9. The van der Waals surface area contributed by atoms with E-state index < -0.39 is 17.8 Å². The molecule has 0 fully saturated rings. The number of ketones is 1. The van der Waals surface area contributed by atoms with E-state index in [2.05, 4.69) is 15.9 Å². The van der Waals surface area contributed by atoms with E-state index in [0.29, 0.717) is 4.47 Å². The van der Waals surface area contributed by atoms with Gasteiger partial charge in [0, 0.05) is 16.4 Å². The molecule has 0 radical (unpaired) electrons. The molecule has 0 spiro atoms. The number of Topliss-reactive ketones (excluding diaryl/α,β-unsaturated/α-hetero) is 1. The van der Waals surface area contributed by atoms with E-state index in [1.165, 1.54) is 12.1 Å². The van der Waals surface area contributed by atoms with Crippen LogP contribution in [0, 0.1) is 11.7 Å². The Balaban J connectivity index is 2.27. The fraction of sp³-hybridized carbons (Fsp3) is 0.188. The van der Waals surface area contributed by atoms with Gasteiger partial charge in [0.2, 0.25) is 0 Å². The average Bonchev–Trinajstić information content (AvgIpc) is 2.48. The summed E-state index contributed by atoms with van der Waals surface area (Å²) in [6.45, 7) is 1.72. The molecule has 0 saturated heterocycles. The Morgan fingerprint density at radius 3 is 2.50 bits per heavy atom. The van der Waals surface area contributed by atoms with Crippen LogP contribution in [0.4, 0.5) is 4.39 Å². The first-order valence-electron chi connectivity index (χ1n) is 6.30. The molecule has 20 heavy (non-hydrogen) atoms. The summed E-state index contributed by atoms with van der Waals surface area (Å²) in [4.78, 5) is 12.4. The van der Waals surface area contributed by atoms with Crippen molar-refractivity contribution in [2.45, 2.75) is 13.0 Å². The third-order valence-electron chi connectivity index (χ3n) is 3.33. The average molecular weight is 336 g/mol. The third-order valence-corrected chi connectivity index (χ3v) is 3.82. The van der Waals surface area contributed by atoms with Crippen molar-refractivity contribution in [2.75, 3.05) is 0 Å². The molecule has 2 nitrogen and oxygen atoms in total. The lowest BCUT2D eigenvalue weighted by Gasteiger charge is -2.19. The van der Waals surface area contributed by atoms with Gasteiger partial charge in [0.15, 0.2) is 5.78 Å². The summed E-state index contributed by atoms with van der Waals surface area (Å²) in [5.74, 6) is -1.31. The van der Waals surface area contributed by atoms with E-state index in [4.69, 9.17) is 5.73 Å². The minimum Gasteiger partial charge on any atom is -0.323 e. The van der Waals surface area contributed by atoms with Crippen molar-refractivity contribution in [1.82, 2.24) is 0 Å². The molecule has 0 aliphatic heterocycles. The minimum absolute atomic E-state index is 0.0678. The molecule has 0 aliphatic rings. The molecule has 0 heterocycles. The molecule has 0 aromatic heterocycles. The molecule has 104 valence electrons. The van der Waals surface area contributed by atoms with Crippen LogP contribution in [0.1, 0.15) is 28.9 Å². The maximum Gasteiger partial charge on any atom is 0.170 e. The lowest BCUT2D eigenvalue weighted by atomic mass is 9.88. The zero-order valence-electron chi connectivity index (χ0n) is 11.0. The Morgan fingerprint density at radius 1 is 1.20 bits per heavy atom. The Bertz CT molecular complexity index is 615. The zero-order chi connectivity index (χ0) is 14.7. The van der Waals surface area contributed by atoms with Gasteiger partial charge in [0.05, 0.1) is 5.56 Å². The molecule has 0 aliphatic carbocycles. The zero-order valence-corrected chi connectivity index (χ0v) is 12.6. The number of carbonyl (C=O) groups excluding carboxylic acids is 1. The number of hydrogen-bond acceptors (Lipinski definition) is 2. The van der Waals surface area contributed by atoms with Crippen LogP contribution in [0.5, 0.6) is 0 Å². The summed E-state index contributed by atoms with van der Waals surface area (Å²) >= 11 is 3.25. The highest BCUT2D eigenvalue weighted by molar-refractivity contribution is 9.10. The largest absolute Gasteiger partial charge is 0.323 e. The summed E-state index contributed by atoms with van der Waals surface area (Å²) in [7, 11) is 0. The van der Waals surface area contributed by atoms with Gasteiger partial charge in [-0.15, -0.1) is 0 Å². The fourth-order valence-electron chi connectivity index (χ4n) is 2.06. The first-order valence-corrected chi connectivity index (χ1v) is 7.10. The predicted octanol–water partition coefficient (Wildman–Crippen LogP) is 4.11. The van der Waals surface area contributed by atoms with Crippen LogP contribution in [0.2, 0.25) is 0 Å². The maximum atomic E-state index is 13.8. The monoisotopic (exact) mass is 335 g/mol. The molecule has 2 rings (SSSR count). The van der Waals surface area contributed by atoms with E-state index in [1.54, 1.807) is 13.0 Å². The van der Waals surface area contributed by atoms with Crippen molar-refractivity contribution < 1.29 is 9.18 Å². The van der Waals surface area contributed by atoms with Gasteiger partial charge < -0.3 is 5.73 Å². The highest BCUT2D eigenvalue weighted by Gasteiger charge is 2.25. The molecule has 2 aromatic carbocycles. The highest BCUT2D eigenvalue weighted by Crippen LogP contribution is 2.25. The Kier molecular flexibility index (Phi) is 4.68. The quantitative estimate of drug-likeness (QED) is 0.854. The number of rotatable bonds is 4. The smallest absolute Gasteiger partial charge is 0.170 e. The minimum atomic E-state index is -0.523. The van der Waals surface area contributed by atoms with Gasteiger partial charge in [-0.2, -0.15) is 0 Å². The summed E-state index contributed by atoms with van der Waals surface area (Å²) < 4.78 is 14.4. The number of hydrogen-bond donors (Lipinski definition) is 1. The second-order valence-electron chi connectivity index (χ2n) is 4.71. The van der Waals surface area contributed by atoms with Gasteiger partial charge in [-0.3, -0.25) is 4.79 Å². The van der Waals surface area contributed by atoms with E-state index >= 15 is 0 Å². The molecule has 0 amide bonds. The van der Waals surface area contributed by atoms with Gasteiger partial charge >= 0.3 is 0 Å². The van der Waals surface area contributed by atoms with Crippen molar-refractivity contribution in [1.29, 1.82) is 0 Å². The van der Waals surface area contributed by atoms with Crippen LogP contribution in [-0.2, 0) is 0 Å². The topological polar surface area (TPSA) is 43.1 Å². The van der Waals surface area contributed by atoms with Crippen molar-refractivity contribution in [3.05, 3.63) is 69.9 Å². The lowest BCUT2D eigenvalue weighted by molar-refractivity contribution is 0.0908. The van der Waals surface area contributed by atoms with Gasteiger partial charge in [-0.05, 0) is 23.8 Å². The highest BCUT2D eigenvalue weighted by atomic mass is 79.9. The van der Waals surface area contributed by atoms with Gasteiger partial charge in [-0.25, -0.2) is 4.39 Å². The number of carbonyl (C=O) groups is 1. The molecule has 2 atom stereocenters. The third kappa shape index (κ3) is 3.14. The van der Waals surface area contributed by atoms with Crippen LogP contribution in [0.25, 0.3) is 0 Å². The summed E-state index contributed by atoms with van der Waals surface area (Å²) in [6, 6.07) is 13.2. The molecule has 4 heteroatoms. The second-order valence-corrected chi connectivity index (χ2v) is 5.63. The maximum absolute atomic E-state index is 13.8. The molecule has 0 bridgehead atoms. The number of nitrogens with two attached hydrogens (primary N) is 1. The fourth-order valence-corrected chi connectivity index (χ4v) is 2.42. The van der Waals surface area contributed by atoms with E-state index in [9.17, 15) is 9.18 Å². The van der Waals surface area contributed by atoms with Crippen LogP contribution >= 0.6 is 15.9 Å². The number of halogens is 2. The van der Waals surface area contributed by atoms with Crippen LogP contribution in [0.15, 0.2) is 53.0 Å². The molecule has 0 saturated carbocycles. The Morgan fingerprint density at radius 2 is 1.85 bits per heavy atom. The number of benzene rings is 2. The molecule has 2 unspecified atom stereocenters. The summed E-state index contributed by atoms with van der Waals surface area (Å²) in [5, 5.41) is 0. The van der Waals surface area contributed by atoms with Crippen LogP contribution in [-0.4, -0.2) is 5.78 Å². The van der Waals surface area contributed by atoms with Crippen molar-refractivity contribution >= 4 is 21.7 Å². The van der Waals surface area contributed by atoms with Crippen LogP contribution < -0.4 is 5.73 Å². The van der Waals surface area contributed by atoms with Crippen molar-refractivity contribution in [2.24, 2.45) is 11.7 Å².